The van der Waals surface area contributed by atoms with Gasteiger partial charge in [0.2, 0.25) is 10.0 Å². The van der Waals surface area contributed by atoms with E-state index >= 15 is 0 Å². The minimum atomic E-state index is -3.46. The van der Waals surface area contributed by atoms with Gasteiger partial charge in [-0.25, -0.2) is 8.42 Å². The van der Waals surface area contributed by atoms with Crippen molar-refractivity contribution in [2.75, 3.05) is 31.1 Å². The topological polar surface area (TPSA) is 66.4 Å². The van der Waals surface area contributed by atoms with Crippen molar-refractivity contribution < 1.29 is 8.42 Å². The summed E-state index contributed by atoms with van der Waals surface area (Å²) in [4.78, 5) is 2.37. The number of sulfonamides is 1. The van der Waals surface area contributed by atoms with Gasteiger partial charge in [0, 0.05) is 30.7 Å². The lowest BCUT2D eigenvalue weighted by molar-refractivity contribution is 0.383. The molecule has 1 saturated heterocycles. The fourth-order valence-electron chi connectivity index (χ4n) is 2.49. The fourth-order valence-corrected chi connectivity index (χ4v) is 4.51. The number of nitrogens with zero attached hydrogens (tertiary/aromatic N) is 4. The highest BCUT2D eigenvalue weighted by Gasteiger charge is 2.29. The fraction of sp³-hybridized carbons (Fsp3) is 0.333. The summed E-state index contributed by atoms with van der Waals surface area (Å²) >= 11 is 3.32. The number of hydrogen-bond acceptors (Lipinski definition) is 5. The van der Waals surface area contributed by atoms with Crippen molar-refractivity contribution in [3.63, 3.8) is 0 Å². The predicted molar refractivity (Wildman–Crippen MR) is 91.9 cm³/mol. The van der Waals surface area contributed by atoms with E-state index in [4.69, 9.17) is 0 Å². The molecule has 0 unspecified atom stereocenters. The summed E-state index contributed by atoms with van der Waals surface area (Å²) in [6, 6.07) is 10.6. The standard InChI is InChI=1S/C15H17BrN4O2S/c1-12-5-6-15(18-17-12)19-7-9-20(10-8-19)23(21,22)14-4-2-3-13(16)11-14/h2-6,11H,7-10H2,1H3. The van der Waals surface area contributed by atoms with Gasteiger partial charge in [-0.15, -0.1) is 5.10 Å². The van der Waals surface area contributed by atoms with Gasteiger partial charge in [-0.1, -0.05) is 22.0 Å². The number of benzene rings is 1. The third kappa shape index (κ3) is 3.54. The lowest BCUT2D eigenvalue weighted by atomic mass is 10.3. The normalized spacial score (nSPS) is 16.5. The summed E-state index contributed by atoms with van der Waals surface area (Å²) in [7, 11) is -3.46. The molecule has 0 N–H and O–H groups in total. The molecule has 0 saturated carbocycles. The van der Waals surface area contributed by atoms with Gasteiger partial charge in [0.1, 0.15) is 0 Å². The Morgan fingerprint density at radius 1 is 1.04 bits per heavy atom. The Balaban J connectivity index is 1.72. The van der Waals surface area contributed by atoms with Crippen LogP contribution in [-0.2, 0) is 10.0 Å². The number of aromatic nitrogens is 2. The molecule has 1 aromatic carbocycles. The average Bonchev–Trinajstić information content (AvgIpc) is 2.56. The van der Waals surface area contributed by atoms with E-state index in [9.17, 15) is 8.42 Å². The highest BCUT2D eigenvalue weighted by atomic mass is 79.9. The van der Waals surface area contributed by atoms with Gasteiger partial charge in [0.05, 0.1) is 10.6 Å². The minimum absolute atomic E-state index is 0.315. The minimum Gasteiger partial charge on any atom is -0.352 e. The monoisotopic (exact) mass is 396 g/mol. The van der Waals surface area contributed by atoms with Crippen LogP contribution in [0.5, 0.6) is 0 Å². The van der Waals surface area contributed by atoms with Crippen molar-refractivity contribution in [1.82, 2.24) is 14.5 Å². The molecule has 0 atom stereocenters. The molecule has 1 fully saturated rings. The molecule has 0 amide bonds. The van der Waals surface area contributed by atoms with E-state index in [1.807, 2.05) is 25.1 Å². The molecule has 6 nitrogen and oxygen atoms in total. The van der Waals surface area contributed by atoms with Crippen molar-refractivity contribution in [1.29, 1.82) is 0 Å². The third-order valence-corrected chi connectivity index (χ3v) is 6.17. The second-order valence-electron chi connectivity index (χ2n) is 5.38. The Bertz CT molecular complexity index is 787. The van der Waals surface area contributed by atoms with Crippen molar-refractivity contribution in [3.8, 4) is 0 Å². The summed E-state index contributed by atoms with van der Waals surface area (Å²) in [5, 5.41) is 8.21. The maximum absolute atomic E-state index is 12.7. The van der Waals surface area contributed by atoms with Crippen LogP contribution in [0.1, 0.15) is 5.69 Å². The maximum atomic E-state index is 12.7. The van der Waals surface area contributed by atoms with Crippen LogP contribution in [0.2, 0.25) is 0 Å². The summed E-state index contributed by atoms with van der Waals surface area (Å²) in [6.07, 6.45) is 0. The smallest absolute Gasteiger partial charge is 0.243 e. The molecule has 1 aliphatic heterocycles. The molecule has 0 aliphatic carbocycles. The van der Waals surface area contributed by atoms with Crippen LogP contribution in [0.4, 0.5) is 5.82 Å². The molecule has 1 aliphatic rings. The lowest BCUT2D eigenvalue weighted by Gasteiger charge is -2.34. The number of anilines is 1. The zero-order chi connectivity index (χ0) is 16.4. The first-order valence-electron chi connectivity index (χ1n) is 7.28. The molecular weight excluding hydrogens is 380 g/mol. The van der Waals surface area contributed by atoms with Gasteiger partial charge < -0.3 is 4.90 Å². The van der Waals surface area contributed by atoms with Gasteiger partial charge >= 0.3 is 0 Å². The van der Waals surface area contributed by atoms with Gasteiger partial charge in [-0.05, 0) is 37.3 Å². The summed E-state index contributed by atoms with van der Waals surface area (Å²) < 4.78 is 27.6. The van der Waals surface area contributed by atoms with E-state index < -0.39 is 10.0 Å². The van der Waals surface area contributed by atoms with E-state index in [0.717, 1.165) is 16.0 Å². The molecule has 1 aromatic heterocycles. The molecule has 0 bridgehead atoms. The Kier molecular flexibility index (Phi) is 4.65. The van der Waals surface area contributed by atoms with Crippen LogP contribution in [0, 0.1) is 6.92 Å². The molecule has 8 heteroatoms. The SMILES string of the molecule is Cc1ccc(N2CCN(S(=O)(=O)c3cccc(Br)c3)CC2)nn1. The maximum Gasteiger partial charge on any atom is 0.243 e. The predicted octanol–water partition coefficient (Wildman–Crippen LogP) is 2.06. The molecule has 0 spiro atoms. The van der Waals surface area contributed by atoms with E-state index in [-0.39, 0.29) is 0 Å². The van der Waals surface area contributed by atoms with Crippen LogP contribution in [0.3, 0.4) is 0 Å². The first kappa shape index (κ1) is 16.4. The number of piperazine rings is 1. The first-order chi connectivity index (χ1) is 11.0. The van der Waals surface area contributed by atoms with Gasteiger partial charge in [-0.3, -0.25) is 0 Å². The average molecular weight is 397 g/mol. The number of hydrogen-bond donors (Lipinski definition) is 0. The van der Waals surface area contributed by atoms with Crippen LogP contribution in [0.25, 0.3) is 0 Å². The zero-order valence-corrected chi connectivity index (χ0v) is 15.1. The lowest BCUT2D eigenvalue weighted by Crippen LogP contribution is -2.49. The van der Waals surface area contributed by atoms with Crippen molar-refractivity contribution >= 4 is 31.8 Å². The molecule has 0 radical (unpaired) electrons. The summed E-state index contributed by atoms with van der Waals surface area (Å²) in [6.45, 7) is 3.96. The second kappa shape index (κ2) is 6.54. The zero-order valence-electron chi connectivity index (χ0n) is 12.7. The van der Waals surface area contributed by atoms with Crippen molar-refractivity contribution in [3.05, 3.63) is 46.6 Å². The summed E-state index contributed by atoms with van der Waals surface area (Å²) in [5.41, 5.74) is 0.865. The van der Waals surface area contributed by atoms with Crippen LogP contribution < -0.4 is 4.90 Å². The largest absolute Gasteiger partial charge is 0.352 e. The van der Waals surface area contributed by atoms with E-state index in [0.29, 0.717) is 31.1 Å². The van der Waals surface area contributed by atoms with Crippen LogP contribution in [0.15, 0.2) is 45.8 Å². The Labute approximate surface area is 144 Å². The number of aryl methyl sites for hydroxylation is 1. The van der Waals surface area contributed by atoms with E-state index in [2.05, 4.69) is 31.0 Å². The molecule has 122 valence electrons. The van der Waals surface area contributed by atoms with Gasteiger partial charge in [-0.2, -0.15) is 9.40 Å². The van der Waals surface area contributed by atoms with E-state index in [1.54, 1.807) is 18.2 Å². The molecule has 3 rings (SSSR count). The van der Waals surface area contributed by atoms with Crippen LogP contribution >= 0.6 is 15.9 Å². The molecule has 23 heavy (non-hydrogen) atoms. The summed E-state index contributed by atoms with van der Waals surface area (Å²) in [5.74, 6) is 0.787. The Morgan fingerprint density at radius 2 is 1.78 bits per heavy atom. The third-order valence-electron chi connectivity index (χ3n) is 3.78. The number of halogens is 1. The van der Waals surface area contributed by atoms with E-state index in [1.165, 1.54) is 4.31 Å². The van der Waals surface area contributed by atoms with Gasteiger partial charge in [0.25, 0.3) is 0 Å². The number of rotatable bonds is 3. The Morgan fingerprint density at radius 3 is 2.39 bits per heavy atom. The first-order valence-corrected chi connectivity index (χ1v) is 9.51. The van der Waals surface area contributed by atoms with Crippen molar-refractivity contribution in [2.24, 2.45) is 0 Å². The van der Waals surface area contributed by atoms with Gasteiger partial charge in [0.15, 0.2) is 5.82 Å². The highest BCUT2D eigenvalue weighted by Crippen LogP contribution is 2.22. The van der Waals surface area contributed by atoms with Crippen molar-refractivity contribution in [2.45, 2.75) is 11.8 Å². The van der Waals surface area contributed by atoms with Crippen LogP contribution in [-0.4, -0.2) is 49.1 Å². The highest BCUT2D eigenvalue weighted by molar-refractivity contribution is 9.10. The quantitative estimate of drug-likeness (QED) is 0.793. The molecular formula is C15H17BrN4O2S. The Hall–Kier alpha value is -1.51. The second-order valence-corrected chi connectivity index (χ2v) is 8.24. The molecule has 2 heterocycles. The molecule has 2 aromatic rings.